The van der Waals surface area contributed by atoms with Crippen LogP contribution in [0.3, 0.4) is 0 Å². The summed E-state index contributed by atoms with van der Waals surface area (Å²) in [5.74, 6) is 0.475. The molecule has 0 saturated carbocycles. The van der Waals surface area contributed by atoms with Gasteiger partial charge in [0.25, 0.3) is 0 Å². The molecule has 0 aromatic heterocycles. The summed E-state index contributed by atoms with van der Waals surface area (Å²) in [6, 6.07) is 8.06. The van der Waals surface area contributed by atoms with Crippen molar-refractivity contribution in [1.82, 2.24) is 4.90 Å². The van der Waals surface area contributed by atoms with Crippen LogP contribution < -0.4 is 5.32 Å². The number of anilines is 1. The van der Waals surface area contributed by atoms with Crippen molar-refractivity contribution in [3.05, 3.63) is 29.8 Å². The van der Waals surface area contributed by atoms with Crippen LogP contribution in [0.2, 0.25) is 0 Å². The summed E-state index contributed by atoms with van der Waals surface area (Å²) in [5.41, 5.74) is 2.18. The number of para-hydroxylation sites is 1. The van der Waals surface area contributed by atoms with Crippen LogP contribution in [0.15, 0.2) is 24.3 Å². The minimum atomic E-state index is -0.0230. The molecule has 104 valence electrons. The predicted molar refractivity (Wildman–Crippen MR) is 76.2 cm³/mol. The lowest BCUT2D eigenvalue weighted by Crippen LogP contribution is -2.35. The molecule has 0 spiro atoms. The summed E-state index contributed by atoms with van der Waals surface area (Å²) in [7, 11) is 0. The molecule has 0 aliphatic carbocycles. The van der Waals surface area contributed by atoms with Gasteiger partial charge >= 0.3 is 0 Å². The number of hydrogen-bond acceptors (Lipinski definition) is 3. The molecule has 1 heterocycles. The number of aliphatic hydroxyl groups excluding tert-OH is 1. The largest absolute Gasteiger partial charge is 0.395 e. The number of likely N-dealkylation sites (tertiary alicyclic amines) is 1. The van der Waals surface area contributed by atoms with Crippen LogP contribution in [0.25, 0.3) is 0 Å². The third-order valence-corrected chi connectivity index (χ3v) is 3.72. The molecule has 2 N–H and O–H groups in total. The van der Waals surface area contributed by atoms with Gasteiger partial charge in [-0.05, 0) is 43.5 Å². The van der Waals surface area contributed by atoms with Crippen LogP contribution in [-0.4, -0.2) is 42.2 Å². The van der Waals surface area contributed by atoms with E-state index in [0.717, 1.165) is 38.2 Å². The first kappa shape index (κ1) is 14.0. The lowest BCUT2D eigenvalue weighted by Gasteiger charge is -2.32. The van der Waals surface area contributed by atoms with Crippen molar-refractivity contribution in [3.63, 3.8) is 0 Å². The fourth-order valence-corrected chi connectivity index (χ4v) is 2.77. The summed E-state index contributed by atoms with van der Waals surface area (Å²) in [5, 5.41) is 11.9. The normalized spacial score (nSPS) is 17.4. The number of nitrogens with one attached hydrogen (secondary N) is 1. The van der Waals surface area contributed by atoms with E-state index in [9.17, 15) is 4.79 Å². The molecule has 2 rings (SSSR count). The van der Waals surface area contributed by atoms with Crippen LogP contribution in [0.5, 0.6) is 0 Å². The monoisotopic (exact) mass is 262 g/mol. The van der Waals surface area contributed by atoms with Crippen molar-refractivity contribution < 1.29 is 9.90 Å². The highest BCUT2D eigenvalue weighted by atomic mass is 16.3. The number of rotatable bonds is 4. The zero-order valence-electron chi connectivity index (χ0n) is 11.4. The minimum absolute atomic E-state index is 0.0230. The molecular weight excluding hydrogens is 240 g/mol. The van der Waals surface area contributed by atoms with E-state index in [0.29, 0.717) is 5.92 Å². The van der Waals surface area contributed by atoms with Gasteiger partial charge in [-0.25, -0.2) is 0 Å². The van der Waals surface area contributed by atoms with E-state index in [2.05, 4.69) is 16.3 Å². The molecule has 1 aromatic carbocycles. The van der Waals surface area contributed by atoms with E-state index in [1.807, 2.05) is 18.2 Å². The van der Waals surface area contributed by atoms with E-state index in [1.165, 1.54) is 5.56 Å². The smallest absolute Gasteiger partial charge is 0.221 e. The van der Waals surface area contributed by atoms with Crippen molar-refractivity contribution in [3.8, 4) is 0 Å². The molecule has 0 unspecified atom stereocenters. The average Bonchev–Trinajstić information content (AvgIpc) is 2.40. The number of hydrogen-bond donors (Lipinski definition) is 2. The molecule has 0 bridgehead atoms. The number of piperidine rings is 1. The first-order valence-electron chi connectivity index (χ1n) is 6.90. The second-order valence-electron chi connectivity index (χ2n) is 5.11. The van der Waals surface area contributed by atoms with Crippen LogP contribution in [-0.2, 0) is 4.79 Å². The number of carbonyl (C=O) groups is 1. The number of benzene rings is 1. The zero-order valence-corrected chi connectivity index (χ0v) is 11.4. The van der Waals surface area contributed by atoms with E-state index in [4.69, 9.17) is 5.11 Å². The molecule has 1 aliphatic rings. The van der Waals surface area contributed by atoms with Crippen molar-refractivity contribution in [1.29, 1.82) is 0 Å². The summed E-state index contributed by atoms with van der Waals surface area (Å²) >= 11 is 0. The fourth-order valence-electron chi connectivity index (χ4n) is 2.77. The van der Waals surface area contributed by atoms with Crippen LogP contribution in [0, 0.1) is 0 Å². The molecule has 1 saturated heterocycles. The van der Waals surface area contributed by atoms with Crippen molar-refractivity contribution in [2.45, 2.75) is 25.7 Å². The van der Waals surface area contributed by atoms with Gasteiger partial charge in [-0.2, -0.15) is 0 Å². The highest BCUT2D eigenvalue weighted by Crippen LogP contribution is 2.32. The number of carbonyl (C=O) groups excluding carboxylic acids is 1. The average molecular weight is 262 g/mol. The Bertz CT molecular complexity index is 426. The Kier molecular flexibility index (Phi) is 4.93. The Balaban J connectivity index is 2.04. The maximum atomic E-state index is 11.2. The Morgan fingerprint density at radius 3 is 2.68 bits per heavy atom. The molecular formula is C15H22N2O2. The second-order valence-corrected chi connectivity index (χ2v) is 5.11. The fraction of sp³-hybridized carbons (Fsp3) is 0.533. The topological polar surface area (TPSA) is 52.6 Å². The Morgan fingerprint density at radius 2 is 2.05 bits per heavy atom. The van der Waals surface area contributed by atoms with E-state index < -0.39 is 0 Å². The van der Waals surface area contributed by atoms with Gasteiger partial charge in [-0.3, -0.25) is 4.79 Å². The second kappa shape index (κ2) is 6.68. The zero-order chi connectivity index (χ0) is 13.7. The maximum absolute atomic E-state index is 11.2. The lowest BCUT2D eigenvalue weighted by molar-refractivity contribution is -0.114. The molecule has 4 nitrogen and oxygen atoms in total. The molecule has 1 aromatic rings. The Labute approximate surface area is 114 Å². The van der Waals surface area contributed by atoms with Gasteiger partial charge in [0.05, 0.1) is 6.61 Å². The standard InChI is InChI=1S/C15H22N2O2/c1-12(19)16-15-5-3-2-4-14(15)13-6-8-17(9-7-13)10-11-18/h2-5,13,18H,6-11H2,1H3,(H,16,19). The maximum Gasteiger partial charge on any atom is 0.221 e. The first-order valence-corrected chi connectivity index (χ1v) is 6.90. The van der Waals surface area contributed by atoms with Crippen LogP contribution in [0.4, 0.5) is 5.69 Å². The predicted octanol–water partition coefficient (Wildman–Crippen LogP) is 1.82. The third kappa shape index (κ3) is 3.78. The van der Waals surface area contributed by atoms with Gasteiger partial charge < -0.3 is 15.3 Å². The Hall–Kier alpha value is -1.39. The van der Waals surface area contributed by atoms with Gasteiger partial charge in [0.1, 0.15) is 0 Å². The van der Waals surface area contributed by atoms with Crippen LogP contribution in [0.1, 0.15) is 31.2 Å². The van der Waals surface area contributed by atoms with E-state index in [1.54, 1.807) is 6.92 Å². The first-order chi connectivity index (χ1) is 9.20. The number of β-amino-alcohol motifs (C(OH)–C–C–N with tert-alkyl or cyclic N) is 1. The summed E-state index contributed by atoms with van der Waals surface area (Å²) < 4.78 is 0. The highest BCUT2D eigenvalue weighted by Gasteiger charge is 2.22. The number of nitrogens with zero attached hydrogens (tertiary/aromatic N) is 1. The summed E-state index contributed by atoms with van der Waals surface area (Å²) in [6.07, 6.45) is 2.16. The van der Waals surface area contributed by atoms with Crippen molar-refractivity contribution in [2.75, 3.05) is 31.6 Å². The highest BCUT2D eigenvalue weighted by molar-refractivity contribution is 5.89. The molecule has 1 fully saturated rings. The Morgan fingerprint density at radius 1 is 1.37 bits per heavy atom. The summed E-state index contributed by atoms with van der Waals surface area (Å²) in [4.78, 5) is 13.5. The molecule has 1 aliphatic heterocycles. The van der Waals surface area contributed by atoms with Gasteiger partial charge in [-0.15, -0.1) is 0 Å². The van der Waals surface area contributed by atoms with Crippen molar-refractivity contribution >= 4 is 11.6 Å². The molecule has 1 amide bonds. The van der Waals surface area contributed by atoms with Gasteiger partial charge in [0, 0.05) is 19.2 Å². The minimum Gasteiger partial charge on any atom is -0.395 e. The van der Waals surface area contributed by atoms with Gasteiger partial charge in [-0.1, -0.05) is 18.2 Å². The quantitative estimate of drug-likeness (QED) is 0.870. The van der Waals surface area contributed by atoms with Crippen LogP contribution >= 0.6 is 0 Å². The molecule has 0 radical (unpaired) electrons. The molecule has 0 atom stereocenters. The summed E-state index contributed by atoms with van der Waals surface area (Å²) in [6.45, 7) is 4.56. The van der Waals surface area contributed by atoms with Gasteiger partial charge in [0.15, 0.2) is 0 Å². The van der Waals surface area contributed by atoms with E-state index in [-0.39, 0.29) is 12.5 Å². The molecule has 4 heteroatoms. The SMILES string of the molecule is CC(=O)Nc1ccccc1C1CCN(CCO)CC1. The van der Waals surface area contributed by atoms with Gasteiger partial charge in [0.2, 0.25) is 5.91 Å². The van der Waals surface area contributed by atoms with E-state index >= 15 is 0 Å². The third-order valence-electron chi connectivity index (χ3n) is 3.72. The lowest BCUT2D eigenvalue weighted by atomic mass is 9.88. The van der Waals surface area contributed by atoms with Crippen molar-refractivity contribution in [2.24, 2.45) is 0 Å². The number of amides is 1. The number of aliphatic hydroxyl groups is 1. The molecule has 19 heavy (non-hydrogen) atoms.